The smallest absolute Gasteiger partial charge is 0.320 e. The molecule has 3 rings (SSSR count). The van der Waals surface area contributed by atoms with Crippen molar-refractivity contribution in [1.82, 2.24) is 9.80 Å². The van der Waals surface area contributed by atoms with E-state index < -0.39 is 23.6 Å². The molecule has 0 saturated carbocycles. The molecule has 0 bridgehead atoms. The molecule has 0 radical (unpaired) electrons. The van der Waals surface area contributed by atoms with Crippen molar-refractivity contribution >= 4 is 34.9 Å². The van der Waals surface area contributed by atoms with Gasteiger partial charge in [0.1, 0.15) is 5.82 Å². The van der Waals surface area contributed by atoms with Crippen molar-refractivity contribution in [3.63, 3.8) is 0 Å². The maximum Gasteiger partial charge on any atom is 0.419 e. The monoisotopic (exact) mass is 477 g/mol. The van der Waals surface area contributed by atoms with E-state index in [9.17, 15) is 22.4 Å². The van der Waals surface area contributed by atoms with Crippen molar-refractivity contribution < 1.29 is 22.4 Å². The first-order valence-electron chi connectivity index (χ1n) is 9.69. The van der Waals surface area contributed by atoms with Crippen LogP contribution in [0.1, 0.15) is 24.5 Å². The molecule has 4 nitrogen and oxygen atoms in total. The van der Waals surface area contributed by atoms with Crippen molar-refractivity contribution in [1.29, 1.82) is 0 Å². The summed E-state index contributed by atoms with van der Waals surface area (Å²) in [7, 11) is 0. The van der Waals surface area contributed by atoms with Gasteiger partial charge < -0.3 is 10.2 Å². The van der Waals surface area contributed by atoms with Crippen LogP contribution in [0.2, 0.25) is 10.0 Å². The number of halogens is 6. The minimum Gasteiger partial charge on any atom is -0.320 e. The molecule has 10 heteroatoms. The summed E-state index contributed by atoms with van der Waals surface area (Å²) in [5.41, 5.74) is -0.529. The highest BCUT2D eigenvalue weighted by molar-refractivity contribution is 6.42. The van der Waals surface area contributed by atoms with Crippen molar-refractivity contribution in [2.75, 3.05) is 25.0 Å². The number of likely N-dealkylation sites (tertiary alicyclic amines) is 1. The predicted molar refractivity (Wildman–Crippen MR) is 113 cm³/mol. The number of urea groups is 1. The third-order valence-corrected chi connectivity index (χ3v) is 5.94. The molecular weight excluding hydrogens is 457 g/mol. The second-order valence-electron chi connectivity index (χ2n) is 7.33. The summed E-state index contributed by atoms with van der Waals surface area (Å²) in [6.45, 7) is 4.18. The summed E-state index contributed by atoms with van der Waals surface area (Å²) in [6.07, 6.45) is -4.12. The lowest BCUT2D eigenvalue weighted by Crippen LogP contribution is -2.44. The molecule has 2 aromatic carbocycles. The molecule has 1 atom stereocenters. The van der Waals surface area contributed by atoms with Crippen LogP contribution in [0.3, 0.4) is 0 Å². The second kappa shape index (κ2) is 9.63. The number of carbonyl (C=O) groups excluding carboxylic acids is 1. The van der Waals surface area contributed by atoms with Crippen LogP contribution in [0.5, 0.6) is 0 Å². The number of hydrogen-bond acceptors (Lipinski definition) is 2. The molecule has 1 fully saturated rings. The van der Waals surface area contributed by atoms with Gasteiger partial charge in [-0.1, -0.05) is 29.3 Å². The van der Waals surface area contributed by atoms with Gasteiger partial charge in [0.15, 0.2) is 0 Å². The average molecular weight is 478 g/mol. The highest BCUT2D eigenvalue weighted by Crippen LogP contribution is 2.33. The summed E-state index contributed by atoms with van der Waals surface area (Å²) in [4.78, 5) is 16.5. The van der Waals surface area contributed by atoms with E-state index in [4.69, 9.17) is 23.2 Å². The van der Waals surface area contributed by atoms with E-state index >= 15 is 0 Å². The topological polar surface area (TPSA) is 35.6 Å². The zero-order chi connectivity index (χ0) is 22.8. The van der Waals surface area contributed by atoms with Gasteiger partial charge in [0.2, 0.25) is 0 Å². The minimum absolute atomic E-state index is 0.102. The van der Waals surface area contributed by atoms with Crippen LogP contribution in [0.4, 0.5) is 28.0 Å². The molecule has 1 heterocycles. The lowest BCUT2D eigenvalue weighted by molar-refractivity contribution is -0.139. The SMILES string of the molecule is CCN(C(=O)Nc1ccc(F)c(C(F)(F)F)c1)C1CCN(Cc2ccc(Cl)c(Cl)c2)C1. The van der Waals surface area contributed by atoms with Crippen molar-refractivity contribution in [2.45, 2.75) is 32.1 Å². The fraction of sp³-hybridized carbons (Fsp3) is 0.381. The average Bonchev–Trinajstić information content (AvgIpc) is 3.14. The highest BCUT2D eigenvalue weighted by atomic mass is 35.5. The van der Waals surface area contributed by atoms with Crippen LogP contribution >= 0.6 is 23.2 Å². The Morgan fingerprint density at radius 2 is 1.94 bits per heavy atom. The number of nitrogens with one attached hydrogen (secondary N) is 1. The third kappa shape index (κ3) is 5.81. The van der Waals surface area contributed by atoms with Crippen LogP contribution in [-0.2, 0) is 12.7 Å². The fourth-order valence-corrected chi connectivity index (χ4v) is 4.01. The molecule has 1 N–H and O–H groups in total. The number of likely N-dealkylation sites (N-methyl/N-ethyl adjacent to an activating group) is 1. The van der Waals surface area contributed by atoms with E-state index in [1.807, 2.05) is 6.07 Å². The van der Waals surface area contributed by atoms with Crippen LogP contribution in [0.25, 0.3) is 0 Å². The molecule has 0 spiro atoms. The Labute approximate surface area is 187 Å². The van der Waals surface area contributed by atoms with E-state index in [0.717, 1.165) is 24.6 Å². The van der Waals surface area contributed by atoms with Crippen molar-refractivity contribution in [2.24, 2.45) is 0 Å². The van der Waals surface area contributed by atoms with Gasteiger partial charge >= 0.3 is 12.2 Å². The van der Waals surface area contributed by atoms with Gasteiger partial charge in [-0.25, -0.2) is 9.18 Å². The minimum atomic E-state index is -4.84. The first-order valence-corrected chi connectivity index (χ1v) is 10.4. The highest BCUT2D eigenvalue weighted by Gasteiger charge is 2.35. The van der Waals surface area contributed by atoms with Crippen LogP contribution in [-0.4, -0.2) is 41.5 Å². The van der Waals surface area contributed by atoms with Crippen LogP contribution < -0.4 is 5.32 Å². The molecular formula is C21H21Cl2F4N3O. The van der Waals surface area contributed by atoms with E-state index in [1.165, 1.54) is 0 Å². The summed E-state index contributed by atoms with van der Waals surface area (Å²) in [6, 6.07) is 7.21. The number of nitrogens with zero attached hydrogens (tertiary/aromatic N) is 2. The van der Waals surface area contributed by atoms with Gasteiger partial charge in [-0.15, -0.1) is 0 Å². The predicted octanol–water partition coefficient (Wildman–Crippen LogP) is 6.28. The van der Waals surface area contributed by atoms with Crippen LogP contribution in [0, 0.1) is 5.82 Å². The number of amides is 2. The van der Waals surface area contributed by atoms with Gasteiger partial charge in [-0.05, 0) is 49.2 Å². The van der Waals surface area contributed by atoms with Crippen molar-refractivity contribution in [3.8, 4) is 0 Å². The van der Waals surface area contributed by atoms with E-state index in [2.05, 4.69) is 10.2 Å². The number of rotatable bonds is 5. The Morgan fingerprint density at radius 1 is 1.19 bits per heavy atom. The first kappa shape index (κ1) is 23.6. The maximum absolute atomic E-state index is 13.5. The quantitative estimate of drug-likeness (QED) is 0.514. The fourth-order valence-electron chi connectivity index (χ4n) is 3.69. The molecule has 1 saturated heterocycles. The number of hydrogen-bond donors (Lipinski definition) is 1. The molecule has 1 unspecified atom stereocenters. The molecule has 1 aliphatic rings. The zero-order valence-corrected chi connectivity index (χ0v) is 18.2. The second-order valence-corrected chi connectivity index (χ2v) is 8.15. The first-order chi connectivity index (χ1) is 14.6. The third-order valence-electron chi connectivity index (χ3n) is 5.20. The summed E-state index contributed by atoms with van der Waals surface area (Å²) in [5.74, 6) is -1.38. The maximum atomic E-state index is 13.5. The van der Waals surface area contributed by atoms with E-state index in [0.29, 0.717) is 41.8 Å². The van der Waals surface area contributed by atoms with Gasteiger partial charge in [0.05, 0.1) is 15.6 Å². The largest absolute Gasteiger partial charge is 0.419 e. The molecule has 31 heavy (non-hydrogen) atoms. The molecule has 168 valence electrons. The Bertz CT molecular complexity index is 955. The number of benzene rings is 2. The Kier molecular flexibility index (Phi) is 7.34. The Morgan fingerprint density at radius 3 is 2.58 bits per heavy atom. The molecule has 2 amide bonds. The van der Waals surface area contributed by atoms with Gasteiger partial charge in [-0.3, -0.25) is 4.90 Å². The summed E-state index contributed by atoms with van der Waals surface area (Å²) in [5, 5.41) is 3.41. The Hall–Kier alpha value is -2.03. The molecule has 1 aliphatic heterocycles. The van der Waals surface area contributed by atoms with E-state index in [-0.39, 0.29) is 11.7 Å². The van der Waals surface area contributed by atoms with Gasteiger partial charge in [0, 0.05) is 37.9 Å². The molecule has 0 aliphatic carbocycles. The number of anilines is 1. The number of alkyl halides is 3. The molecule has 2 aromatic rings. The summed E-state index contributed by atoms with van der Waals surface area (Å²) < 4.78 is 52.2. The standard InChI is InChI=1S/C21H21Cl2F4N3O/c1-2-30(20(31)28-14-4-6-19(24)16(10-14)21(25,26)27)15-7-8-29(12-15)11-13-3-5-17(22)18(23)9-13/h3-6,9-10,15H,2,7-8,11-12H2,1H3,(H,28,31). The van der Waals surface area contributed by atoms with Gasteiger partial charge in [-0.2, -0.15) is 13.2 Å². The lowest BCUT2D eigenvalue weighted by Gasteiger charge is -2.28. The normalized spacial score (nSPS) is 17.1. The van der Waals surface area contributed by atoms with Gasteiger partial charge in [0.25, 0.3) is 0 Å². The summed E-state index contributed by atoms with van der Waals surface area (Å²) >= 11 is 12.0. The van der Waals surface area contributed by atoms with E-state index in [1.54, 1.807) is 24.0 Å². The zero-order valence-electron chi connectivity index (χ0n) is 16.6. The molecule has 0 aromatic heterocycles. The lowest BCUT2D eigenvalue weighted by atomic mass is 10.2. The van der Waals surface area contributed by atoms with Crippen LogP contribution in [0.15, 0.2) is 36.4 Å². The number of carbonyl (C=O) groups is 1. The Balaban J connectivity index is 1.64. The van der Waals surface area contributed by atoms with Crippen molar-refractivity contribution in [3.05, 3.63) is 63.4 Å².